The van der Waals surface area contributed by atoms with E-state index < -0.39 is 6.29 Å². The second-order valence-corrected chi connectivity index (χ2v) is 11.8. The van der Waals surface area contributed by atoms with Gasteiger partial charge in [0, 0.05) is 29.3 Å². The fourth-order valence-electron chi connectivity index (χ4n) is 5.30. The van der Waals surface area contributed by atoms with Gasteiger partial charge in [-0.2, -0.15) is 5.10 Å². The van der Waals surface area contributed by atoms with E-state index in [4.69, 9.17) is 9.47 Å². The number of rotatable bonds is 10. The molecule has 1 saturated heterocycles. The number of aliphatic hydroxyl groups is 1. The molecule has 2 heterocycles. The first-order valence-corrected chi connectivity index (χ1v) is 15.6. The summed E-state index contributed by atoms with van der Waals surface area (Å²) < 4.78 is 13.1. The fraction of sp³-hybridized carbons (Fsp3) is 0.229. The van der Waals surface area contributed by atoms with Crippen LogP contribution in [-0.4, -0.2) is 38.1 Å². The summed E-state index contributed by atoms with van der Waals surface area (Å²) in [4.78, 5) is 16.7. The van der Waals surface area contributed by atoms with E-state index in [0.717, 1.165) is 38.5 Å². The third-order valence-electron chi connectivity index (χ3n) is 7.83. The largest absolute Gasteiger partial charge is 0.392 e. The summed E-state index contributed by atoms with van der Waals surface area (Å²) in [7, 11) is 0. The van der Waals surface area contributed by atoms with E-state index in [1.54, 1.807) is 23.9 Å². The summed E-state index contributed by atoms with van der Waals surface area (Å²) >= 11 is 1.57. The van der Waals surface area contributed by atoms with Gasteiger partial charge in [-0.15, -0.1) is 0 Å². The highest BCUT2D eigenvalue weighted by molar-refractivity contribution is 7.99. The molecular weight excluding hydrogens is 572 g/mol. The minimum Gasteiger partial charge on any atom is -0.392 e. The van der Waals surface area contributed by atoms with Crippen molar-refractivity contribution in [2.45, 2.75) is 43.7 Å². The van der Waals surface area contributed by atoms with Crippen LogP contribution in [0.4, 0.5) is 0 Å². The maximum Gasteiger partial charge on any atom is 0.251 e. The molecule has 0 spiro atoms. The zero-order valence-corrected chi connectivity index (χ0v) is 25.1. The number of aliphatic hydroxyl groups excluding tert-OH is 1. The molecule has 1 fully saturated rings. The Morgan fingerprint density at radius 3 is 2.39 bits per heavy atom. The molecule has 8 nitrogen and oxygen atoms in total. The van der Waals surface area contributed by atoms with E-state index in [0.29, 0.717) is 17.9 Å². The molecule has 4 atom stereocenters. The lowest BCUT2D eigenvalue weighted by Gasteiger charge is -2.41. The molecule has 0 aliphatic carbocycles. The van der Waals surface area contributed by atoms with Gasteiger partial charge in [-0.05, 0) is 46.0 Å². The molecule has 1 amide bonds. The van der Waals surface area contributed by atoms with Crippen LogP contribution in [0, 0.1) is 5.92 Å². The first kappa shape index (κ1) is 29.8. The topological polar surface area (TPSA) is 109 Å². The van der Waals surface area contributed by atoms with Crippen molar-refractivity contribution >= 4 is 17.7 Å². The Balaban J connectivity index is 1.17. The SMILES string of the molecule is C[C@H]1[C@@H](CSc2ncn[nH]2)O[C@@H](c2ccc(-c3cccc(CNC(=O)c4ccccc4)c3)cc2)O[C@H]1c1ccc(CO)cc1. The molecule has 4 aromatic carbocycles. The van der Waals surface area contributed by atoms with Crippen LogP contribution in [0.3, 0.4) is 0 Å². The number of thioether (sulfide) groups is 1. The van der Waals surface area contributed by atoms with Crippen molar-refractivity contribution in [3.63, 3.8) is 0 Å². The summed E-state index contributed by atoms with van der Waals surface area (Å²) in [6.07, 6.45) is 0.656. The Labute approximate surface area is 260 Å². The zero-order valence-electron chi connectivity index (χ0n) is 24.3. The lowest BCUT2D eigenvalue weighted by Crippen LogP contribution is -2.38. The number of ether oxygens (including phenoxy) is 2. The Kier molecular flexibility index (Phi) is 9.48. The van der Waals surface area contributed by atoms with Crippen molar-refractivity contribution in [3.05, 3.63) is 137 Å². The second kappa shape index (κ2) is 14.0. The first-order valence-electron chi connectivity index (χ1n) is 14.6. The van der Waals surface area contributed by atoms with Gasteiger partial charge < -0.3 is 19.9 Å². The number of aromatic amines is 1. The molecule has 0 saturated carbocycles. The maximum absolute atomic E-state index is 12.5. The van der Waals surface area contributed by atoms with Gasteiger partial charge in [-0.1, -0.05) is 104 Å². The van der Waals surface area contributed by atoms with Gasteiger partial charge >= 0.3 is 0 Å². The number of amides is 1. The van der Waals surface area contributed by atoms with Crippen molar-refractivity contribution in [1.29, 1.82) is 0 Å². The second-order valence-electron chi connectivity index (χ2n) is 10.8. The number of carbonyl (C=O) groups is 1. The molecule has 1 aromatic heterocycles. The van der Waals surface area contributed by atoms with Crippen molar-refractivity contribution in [1.82, 2.24) is 20.5 Å². The van der Waals surface area contributed by atoms with Crippen LogP contribution in [0.25, 0.3) is 11.1 Å². The van der Waals surface area contributed by atoms with Gasteiger partial charge in [-0.3, -0.25) is 9.89 Å². The molecule has 0 unspecified atom stereocenters. The van der Waals surface area contributed by atoms with E-state index in [1.165, 1.54) is 6.33 Å². The average Bonchev–Trinajstić information content (AvgIpc) is 3.61. The van der Waals surface area contributed by atoms with E-state index in [9.17, 15) is 9.90 Å². The van der Waals surface area contributed by atoms with Crippen molar-refractivity contribution in [3.8, 4) is 11.1 Å². The minimum absolute atomic E-state index is 0.00111. The Hall–Kier alpha value is -4.28. The Morgan fingerprint density at radius 2 is 1.66 bits per heavy atom. The summed E-state index contributed by atoms with van der Waals surface area (Å²) in [6.45, 7) is 2.58. The number of hydrogen-bond acceptors (Lipinski definition) is 7. The number of nitrogens with one attached hydrogen (secondary N) is 2. The smallest absolute Gasteiger partial charge is 0.251 e. The predicted octanol–water partition coefficient (Wildman–Crippen LogP) is 6.48. The van der Waals surface area contributed by atoms with Gasteiger partial charge in [0.15, 0.2) is 11.4 Å². The zero-order chi connectivity index (χ0) is 30.3. The third-order valence-corrected chi connectivity index (χ3v) is 8.80. The molecule has 6 rings (SSSR count). The van der Waals surface area contributed by atoms with E-state index >= 15 is 0 Å². The third kappa shape index (κ3) is 7.09. The number of hydrogen-bond donors (Lipinski definition) is 3. The highest BCUT2D eigenvalue weighted by Gasteiger charge is 2.38. The molecule has 9 heteroatoms. The lowest BCUT2D eigenvalue weighted by molar-refractivity contribution is -0.268. The molecule has 44 heavy (non-hydrogen) atoms. The molecule has 224 valence electrons. The molecule has 5 aromatic rings. The van der Waals surface area contributed by atoms with Gasteiger partial charge in [0.1, 0.15) is 6.33 Å². The number of H-pyrrole nitrogens is 1. The number of carbonyl (C=O) groups excluding carboxylic acids is 1. The minimum atomic E-state index is -0.553. The molecule has 1 aliphatic heterocycles. The van der Waals surface area contributed by atoms with E-state index in [-0.39, 0.29) is 30.6 Å². The molecule has 0 radical (unpaired) electrons. The Bertz CT molecular complexity index is 1650. The monoisotopic (exact) mass is 606 g/mol. The van der Waals surface area contributed by atoms with Crippen molar-refractivity contribution in [2.75, 3.05) is 5.75 Å². The molecule has 0 bridgehead atoms. The van der Waals surface area contributed by atoms with Gasteiger partial charge in [0.05, 0.1) is 18.8 Å². The normalized spacial score (nSPS) is 19.9. The molecular formula is C35H34N4O4S. The van der Waals surface area contributed by atoms with E-state index in [2.05, 4.69) is 51.7 Å². The lowest BCUT2D eigenvalue weighted by atomic mass is 9.91. The molecule has 3 N–H and O–H groups in total. The van der Waals surface area contributed by atoms with Gasteiger partial charge in [0.25, 0.3) is 5.91 Å². The summed E-state index contributed by atoms with van der Waals surface area (Å²) in [5.74, 6) is 0.668. The number of benzene rings is 4. The van der Waals surface area contributed by atoms with Crippen LogP contribution in [0.5, 0.6) is 0 Å². The van der Waals surface area contributed by atoms with Crippen LogP contribution in [0.2, 0.25) is 0 Å². The van der Waals surface area contributed by atoms with E-state index in [1.807, 2.05) is 66.7 Å². The van der Waals surface area contributed by atoms with Crippen LogP contribution in [0.1, 0.15) is 51.9 Å². The summed E-state index contributed by atoms with van der Waals surface area (Å²) in [5, 5.41) is 20.1. The highest BCUT2D eigenvalue weighted by Crippen LogP contribution is 2.43. The van der Waals surface area contributed by atoms with Crippen LogP contribution < -0.4 is 5.32 Å². The predicted molar refractivity (Wildman–Crippen MR) is 170 cm³/mol. The van der Waals surface area contributed by atoms with Gasteiger partial charge in [0.2, 0.25) is 0 Å². The first-order chi connectivity index (χ1) is 21.6. The fourth-order valence-corrected chi connectivity index (χ4v) is 6.25. The summed E-state index contributed by atoms with van der Waals surface area (Å²) in [6, 6.07) is 33.6. The molecule has 1 aliphatic rings. The van der Waals surface area contributed by atoms with Crippen molar-refractivity contribution < 1.29 is 19.4 Å². The van der Waals surface area contributed by atoms with Gasteiger partial charge in [-0.25, -0.2) is 4.98 Å². The standard InChI is InChI=1S/C35H34N4O4S/c1-23-31(21-44-35-37-22-38-39-35)42-34(43-32(23)27-12-10-24(20-40)11-13-27)29-16-14-26(15-17-29)30-9-5-6-25(18-30)19-36-33(41)28-7-3-2-4-8-28/h2-18,22-23,31-32,34,40H,19-21H2,1H3,(H,36,41)(H,37,38,39)/t23-,31+,32+,34+/m0/s1. The highest BCUT2D eigenvalue weighted by atomic mass is 32.2. The van der Waals surface area contributed by atoms with Crippen LogP contribution in [0.15, 0.2) is 115 Å². The number of nitrogens with zero attached hydrogens (tertiary/aromatic N) is 2. The average molecular weight is 607 g/mol. The maximum atomic E-state index is 12.5. The van der Waals surface area contributed by atoms with Crippen molar-refractivity contribution in [2.24, 2.45) is 5.92 Å². The number of aromatic nitrogens is 3. The quantitative estimate of drug-likeness (QED) is 0.156. The Morgan fingerprint density at radius 1 is 0.886 bits per heavy atom. The van der Waals surface area contributed by atoms with Crippen LogP contribution >= 0.6 is 11.8 Å². The summed E-state index contributed by atoms with van der Waals surface area (Å²) in [5.41, 5.74) is 6.62. The van der Waals surface area contributed by atoms with Crippen LogP contribution in [-0.2, 0) is 22.6 Å².